The molecule has 8 nitrogen and oxygen atoms in total. The van der Waals surface area contributed by atoms with Crippen LogP contribution in [0, 0.1) is 5.82 Å². The Hall–Kier alpha value is -3.33. The quantitative estimate of drug-likeness (QED) is 0.632. The number of carbonyl (C=O) groups is 3. The molecular formula is C21H21ClFN3O5. The van der Waals surface area contributed by atoms with Gasteiger partial charge in [0.1, 0.15) is 29.4 Å². The highest BCUT2D eigenvalue weighted by Crippen LogP contribution is 2.36. The third kappa shape index (κ3) is 4.13. The topological polar surface area (TPSA) is 97.0 Å². The summed E-state index contributed by atoms with van der Waals surface area (Å²) in [7, 11) is 2.85. The van der Waals surface area contributed by atoms with E-state index in [0.717, 1.165) is 4.90 Å². The van der Waals surface area contributed by atoms with E-state index in [4.69, 9.17) is 21.1 Å². The van der Waals surface area contributed by atoms with Gasteiger partial charge in [-0.15, -0.1) is 0 Å². The Kier molecular flexibility index (Phi) is 6.35. The lowest BCUT2D eigenvalue weighted by Crippen LogP contribution is -2.44. The van der Waals surface area contributed by atoms with Gasteiger partial charge in [0.2, 0.25) is 5.91 Å². The van der Waals surface area contributed by atoms with Gasteiger partial charge in [0.25, 0.3) is 5.91 Å². The van der Waals surface area contributed by atoms with Gasteiger partial charge in [-0.3, -0.25) is 14.5 Å². The first-order valence-electron chi connectivity index (χ1n) is 9.37. The summed E-state index contributed by atoms with van der Waals surface area (Å²) in [5.41, 5.74) is -0.682. The Labute approximate surface area is 183 Å². The minimum atomic E-state index is -1.37. The minimum Gasteiger partial charge on any atom is -0.495 e. The van der Waals surface area contributed by atoms with Crippen molar-refractivity contribution >= 4 is 35.1 Å². The standard InChI is InChI=1S/C21H21ClFN3O5/c1-4-21(12-5-7-13(23)8-6-12)19(28)26(20(29)25-21)11-18(27)24-15-9-14(22)16(30-2)10-17(15)31-3/h5-10H,4,11H2,1-3H3,(H,24,27)(H,25,29). The molecule has 10 heteroatoms. The maximum absolute atomic E-state index is 13.3. The first-order valence-corrected chi connectivity index (χ1v) is 9.75. The lowest BCUT2D eigenvalue weighted by molar-refractivity contribution is -0.134. The average Bonchev–Trinajstić information content (AvgIpc) is 2.99. The fourth-order valence-electron chi connectivity index (χ4n) is 3.43. The van der Waals surface area contributed by atoms with Crippen molar-refractivity contribution in [3.05, 3.63) is 52.8 Å². The molecule has 2 aromatic rings. The summed E-state index contributed by atoms with van der Waals surface area (Å²) in [5, 5.41) is 5.47. The summed E-state index contributed by atoms with van der Waals surface area (Å²) in [6.07, 6.45) is 0.225. The molecule has 1 saturated heterocycles. The molecule has 0 aliphatic carbocycles. The molecule has 0 spiro atoms. The number of hydrogen-bond acceptors (Lipinski definition) is 5. The zero-order valence-electron chi connectivity index (χ0n) is 17.1. The van der Waals surface area contributed by atoms with E-state index < -0.39 is 35.7 Å². The van der Waals surface area contributed by atoms with Crippen molar-refractivity contribution in [2.75, 3.05) is 26.1 Å². The van der Waals surface area contributed by atoms with Gasteiger partial charge in [-0.05, 0) is 30.2 Å². The zero-order valence-corrected chi connectivity index (χ0v) is 17.9. The summed E-state index contributed by atoms with van der Waals surface area (Å²) in [4.78, 5) is 39.1. The van der Waals surface area contributed by atoms with Crippen LogP contribution < -0.4 is 20.1 Å². The number of benzene rings is 2. The second-order valence-corrected chi connectivity index (χ2v) is 7.23. The van der Waals surface area contributed by atoms with Crippen LogP contribution in [0.15, 0.2) is 36.4 Å². The Bertz CT molecular complexity index is 1030. The molecule has 1 aliphatic rings. The number of methoxy groups -OCH3 is 2. The molecule has 31 heavy (non-hydrogen) atoms. The monoisotopic (exact) mass is 449 g/mol. The van der Waals surface area contributed by atoms with Gasteiger partial charge in [-0.25, -0.2) is 9.18 Å². The fraction of sp³-hybridized carbons (Fsp3) is 0.286. The van der Waals surface area contributed by atoms with Crippen LogP contribution in [-0.4, -0.2) is 43.5 Å². The van der Waals surface area contributed by atoms with Crippen LogP contribution in [0.3, 0.4) is 0 Å². The lowest BCUT2D eigenvalue weighted by atomic mass is 9.87. The third-order valence-corrected chi connectivity index (χ3v) is 5.39. The van der Waals surface area contributed by atoms with E-state index in [0.29, 0.717) is 17.1 Å². The van der Waals surface area contributed by atoms with Gasteiger partial charge in [0.15, 0.2) is 0 Å². The van der Waals surface area contributed by atoms with Crippen molar-refractivity contribution in [3.8, 4) is 11.5 Å². The Balaban J connectivity index is 1.81. The van der Waals surface area contributed by atoms with Gasteiger partial charge in [0.05, 0.1) is 24.9 Å². The first kappa shape index (κ1) is 22.4. The zero-order chi connectivity index (χ0) is 22.8. The largest absolute Gasteiger partial charge is 0.495 e. The van der Waals surface area contributed by atoms with Crippen molar-refractivity contribution in [1.82, 2.24) is 10.2 Å². The van der Waals surface area contributed by atoms with E-state index >= 15 is 0 Å². The molecule has 3 rings (SSSR count). The molecule has 164 valence electrons. The number of nitrogens with one attached hydrogen (secondary N) is 2. The van der Waals surface area contributed by atoms with Crippen LogP contribution in [0.1, 0.15) is 18.9 Å². The number of anilines is 1. The van der Waals surface area contributed by atoms with Crippen LogP contribution in [-0.2, 0) is 15.1 Å². The fourth-order valence-corrected chi connectivity index (χ4v) is 3.68. The SMILES string of the molecule is CCC1(c2ccc(F)cc2)NC(=O)N(CC(=O)Nc2cc(Cl)c(OC)cc2OC)C1=O. The lowest BCUT2D eigenvalue weighted by Gasteiger charge is -2.25. The molecule has 4 amide bonds. The molecular weight excluding hydrogens is 429 g/mol. The summed E-state index contributed by atoms with van der Waals surface area (Å²) in [5.74, 6) is -1.04. The first-order chi connectivity index (χ1) is 14.7. The second kappa shape index (κ2) is 8.81. The highest BCUT2D eigenvalue weighted by Gasteiger charge is 2.51. The van der Waals surface area contributed by atoms with Crippen molar-refractivity contribution in [2.45, 2.75) is 18.9 Å². The predicted molar refractivity (Wildman–Crippen MR) is 112 cm³/mol. The van der Waals surface area contributed by atoms with Crippen molar-refractivity contribution in [2.24, 2.45) is 0 Å². The maximum Gasteiger partial charge on any atom is 0.325 e. The Morgan fingerprint density at radius 2 is 1.81 bits per heavy atom. The van der Waals surface area contributed by atoms with Crippen LogP contribution in [0.25, 0.3) is 0 Å². The second-order valence-electron chi connectivity index (χ2n) is 6.82. The summed E-state index contributed by atoms with van der Waals surface area (Å²) < 4.78 is 23.7. The summed E-state index contributed by atoms with van der Waals surface area (Å²) >= 11 is 6.11. The highest BCUT2D eigenvalue weighted by atomic mass is 35.5. The van der Waals surface area contributed by atoms with E-state index in [2.05, 4.69) is 10.6 Å². The van der Waals surface area contributed by atoms with Gasteiger partial charge in [-0.1, -0.05) is 30.7 Å². The molecule has 2 aromatic carbocycles. The van der Waals surface area contributed by atoms with Crippen molar-refractivity contribution in [3.63, 3.8) is 0 Å². The van der Waals surface area contributed by atoms with Gasteiger partial charge >= 0.3 is 6.03 Å². The number of nitrogens with zero attached hydrogens (tertiary/aromatic N) is 1. The highest BCUT2D eigenvalue weighted by molar-refractivity contribution is 6.32. The van der Waals surface area contributed by atoms with Gasteiger partial charge in [-0.2, -0.15) is 0 Å². The number of hydrogen-bond donors (Lipinski definition) is 2. The smallest absolute Gasteiger partial charge is 0.325 e. The average molecular weight is 450 g/mol. The molecule has 1 unspecified atom stereocenters. The van der Waals surface area contributed by atoms with Crippen LogP contribution >= 0.6 is 11.6 Å². The molecule has 1 fully saturated rings. The van der Waals surface area contributed by atoms with Crippen molar-refractivity contribution < 1.29 is 28.2 Å². The van der Waals surface area contributed by atoms with Crippen LogP contribution in [0.2, 0.25) is 5.02 Å². The van der Waals surface area contributed by atoms with Crippen LogP contribution in [0.5, 0.6) is 11.5 Å². The molecule has 1 heterocycles. The van der Waals surface area contributed by atoms with E-state index in [1.165, 1.54) is 50.6 Å². The number of halogens is 2. The molecule has 0 bridgehead atoms. The van der Waals surface area contributed by atoms with E-state index in [1.54, 1.807) is 6.92 Å². The molecule has 0 radical (unpaired) electrons. The maximum atomic E-state index is 13.3. The van der Waals surface area contributed by atoms with E-state index in [1.807, 2.05) is 0 Å². The van der Waals surface area contributed by atoms with E-state index in [-0.39, 0.29) is 17.1 Å². The Morgan fingerprint density at radius 1 is 1.16 bits per heavy atom. The normalized spacial score (nSPS) is 18.0. The molecule has 0 aromatic heterocycles. The number of urea groups is 1. The molecule has 0 saturated carbocycles. The van der Waals surface area contributed by atoms with Gasteiger partial charge in [0, 0.05) is 6.07 Å². The number of rotatable bonds is 7. The number of ether oxygens (including phenoxy) is 2. The number of amides is 4. The van der Waals surface area contributed by atoms with Crippen LogP contribution in [0.4, 0.5) is 14.9 Å². The number of carbonyl (C=O) groups excluding carboxylic acids is 3. The van der Waals surface area contributed by atoms with Crippen molar-refractivity contribution in [1.29, 1.82) is 0 Å². The van der Waals surface area contributed by atoms with E-state index in [9.17, 15) is 18.8 Å². The molecule has 1 aliphatic heterocycles. The number of imide groups is 1. The molecule has 2 N–H and O–H groups in total. The summed E-state index contributed by atoms with van der Waals surface area (Å²) in [6, 6.07) is 7.52. The summed E-state index contributed by atoms with van der Waals surface area (Å²) in [6.45, 7) is 1.19. The minimum absolute atomic E-state index is 0.225. The Morgan fingerprint density at radius 3 is 2.39 bits per heavy atom. The molecule has 1 atom stereocenters. The third-order valence-electron chi connectivity index (χ3n) is 5.09. The predicted octanol–water partition coefficient (Wildman–Crippen LogP) is 3.29. The van der Waals surface area contributed by atoms with Gasteiger partial charge < -0.3 is 20.1 Å².